The second kappa shape index (κ2) is 15.1. The number of aliphatic carboxylic acids is 1. The Labute approximate surface area is 219 Å². The molecule has 210 valence electrons. The number of phenols is 1. The summed E-state index contributed by atoms with van der Waals surface area (Å²) < 4.78 is 0. The van der Waals surface area contributed by atoms with Crippen LogP contribution in [0.25, 0.3) is 0 Å². The third-order valence-electron chi connectivity index (χ3n) is 5.40. The summed E-state index contributed by atoms with van der Waals surface area (Å²) in [4.78, 5) is 72.8. The molecule has 1 aromatic rings. The second-order valence-corrected chi connectivity index (χ2v) is 9.30. The van der Waals surface area contributed by atoms with Gasteiger partial charge in [-0.3, -0.25) is 24.0 Å². The van der Waals surface area contributed by atoms with Gasteiger partial charge in [0.2, 0.25) is 29.5 Å². The van der Waals surface area contributed by atoms with Crippen LogP contribution in [-0.4, -0.2) is 69.9 Å². The maximum atomic E-state index is 13.2. The zero-order valence-corrected chi connectivity index (χ0v) is 21.3. The average molecular weight is 537 g/mol. The van der Waals surface area contributed by atoms with Gasteiger partial charge in [0.1, 0.15) is 23.9 Å². The van der Waals surface area contributed by atoms with Crippen LogP contribution in [-0.2, 0) is 35.2 Å². The quantitative estimate of drug-likeness (QED) is 0.116. The van der Waals surface area contributed by atoms with E-state index >= 15 is 0 Å². The van der Waals surface area contributed by atoms with E-state index in [0.29, 0.717) is 5.56 Å². The number of amides is 5. The number of primary amides is 2. The lowest BCUT2D eigenvalue weighted by Crippen LogP contribution is -2.58. The van der Waals surface area contributed by atoms with Crippen molar-refractivity contribution in [1.82, 2.24) is 16.0 Å². The Morgan fingerprint density at radius 3 is 1.84 bits per heavy atom. The number of phenolic OH excluding ortho intramolecular Hbond substituents is 1. The van der Waals surface area contributed by atoms with Crippen LogP contribution in [0.2, 0.25) is 0 Å². The van der Waals surface area contributed by atoms with Crippen molar-refractivity contribution in [3.8, 4) is 5.75 Å². The van der Waals surface area contributed by atoms with E-state index in [1.165, 1.54) is 24.3 Å². The van der Waals surface area contributed by atoms with Crippen LogP contribution in [0.4, 0.5) is 0 Å². The molecule has 0 saturated carbocycles. The molecule has 0 saturated heterocycles. The van der Waals surface area contributed by atoms with Crippen molar-refractivity contribution in [2.45, 2.75) is 70.1 Å². The van der Waals surface area contributed by atoms with Gasteiger partial charge in [0.15, 0.2) is 0 Å². The molecular weight excluding hydrogens is 500 g/mol. The molecule has 0 bridgehead atoms. The van der Waals surface area contributed by atoms with Gasteiger partial charge in [-0.15, -0.1) is 0 Å². The number of nitrogens with one attached hydrogen (secondary N) is 3. The van der Waals surface area contributed by atoms with Crippen molar-refractivity contribution in [2.24, 2.45) is 23.1 Å². The molecule has 4 atom stereocenters. The van der Waals surface area contributed by atoms with E-state index in [1.807, 2.05) is 0 Å². The molecule has 0 aromatic heterocycles. The van der Waals surface area contributed by atoms with Gasteiger partial charge < -0.3 is 43.4 Å². The first-order valence-electron chi connectivity index (χ1n) is 11.9. The fraction of sp³-hybridized carbons (Fsp3) is 0.500. The van der Waals surface area contributed by atoms with E-state index in [0.717, 1.165) is 0 Å². The summed E-state index contributed by atoms with van der Waals surface area (Å²) in [7, 11) is 0. The first-order valence-corrected chi connectivity index (χ1v) is 11.9. The number of aromatic hydroxyl groups is 1. The Kier molecular flexibility index (Phi) is 12.7. The van der Waals surface area contributed by atoms with Crippen LogP contribution >= 0.6 is 0 Å². The zero-order valence-electron chi connectivity index (χ0n) is 21.3. The lowest BCUT2D eigenvalue weighted by Gasteiger charge is -2.25. The number of carbonyl (C=O) groups excluding carboxylic acids is 5. The Hall–Kier alpha value is -4.20. The number of hydrogen-bond acceptors (Lipinski definition) is 8. The Morgan fingerprint density at radius 2 is 1.34 bits per heavy atom. The van der Waals surface area contributed by atoms with E-state index in [1.54, 1.807) is 13.8 Å². The number of carboxylic acid groups (broad SMARTS) is 1. The van der Waals surface area contributed by atoms with Crippen LogP contribution in [0, 0.1) is 5.92 Å². The van der Waals surface area contributed by atoms with Gasteiger partial charge in [0, 0.05) is 12.8 Å². The van der Waals surface area contributed by atoms with E-state index in [4.69, 9.17) is 17.2 Å². The molecule has 1 rings (SSSR count). The number of carbonyl (C=O) groups is 6. The van der Waals surface area contributed by atoms with Gasteiger partial charge in [-0.1, -0.05) is 26.0 Å². The lowest BCUT2D eigenvalue weighted by atomic mass is 10.0. The molecule has 0 aliphatic carbocycles. The molecule has 1 aromatic carbocycles. The van der Waals surface area contributed by atoms with Crippen LogP contribution in [0.5, 0.6) is 5.75 Å². The number of hydrogen-bond donors (Lipinski definition) is 8. The predicted molar refractivity (Wildman–Crippen MR) is 135 cm³/mol. The van der Waals surface area contributed by atoms with Crippen molar-refractivity contribution >= 4 is 35.5 Å². The van der Waals surface area contributed by atoms with Crippen molar-refractivity contribution < 1.29 is 39.0 Å². The lowest BCUT2D eigenvalue weighted by molar-refractivity contribution is -0.143. The summed E-state index contributed by atoms with van der Waals surface area (Å²) in [5, 5.41) is 26.2. The highest BCUT2D eigenvalue weighted by molar-refractivity contribution is 5.95. The molecule has 11 N–H and O–H groups in total. The minimum atomic E-state index is -1.36. The average Bonchev–Trinajstić information content (AvgIpc) is 2.80. The highest BCUT2D eigenvalue weighted by Crippen LogP contribution is 2.12. The maximum absolute atomic E-state index is 13.2. The van der Waals surface area contributed by atoms with Crippen LogP contribution < -0.4 is 33.2 Å². The van der Waals surface area contributed by atoms with Gasteiger partial charge in [-0.05, 0) is 36.5 Å². The Bertz CT molecular complexity index is 1010. The Balaban J connectivity index is 3.18. The molecule has 14 heteroatoms. The fourth-order valence-electron chi connectivity index (χ4n) is 3.46. The predicted octanol–water partition coefficient (Wildman–Crippen LogP) is -2.01. The molecule has 0 radical (unpaired) electrons. The van der Waals surface area contributed by atoms with Gasteiger partial charge in [0.25, 0.3) is 0 Å². The van der Waals surface area contributed by atoms with Gasteiger partial charge in [-0.25, -0.2) is 4.79 Å². The van der Waals surface area contributed by atoms with Crippen LogP contribution in [0.1, 0.15) is 45.1 Å². The topological polar surface area (TPSA) is 257 Å². The highest BCUT2D eigenvalue weighted by atomic mass is 16.4. The number of benzene rings is 1. The minimum absolute atomic E-state index is 0.0279. The summed E-state index contributed by atoms with van der Waals surface area (Å²) in [6.07, 6.45) is -0.985. The van der Waals surface area contributed by atoms with Crippen LogP contribution in [0.3, 0.4) is 0 Å². The summed E-state index contributed by atoms with van der Waals surface area (Å²) >= 11 is 0. The van der Waals surface area contributed by atoms with Gasteiger partial charge >= 0.3 is 5.97 Å². The van der Waals surface area contributed by atoms with Gasteiger partial charge in [0.05, 0.1) is 12.5 Å². The number of nitrogens with two attached hydrogens (primary N) is 3. The van der Waals surface area contributed by atoms with E-state index in [-0.39, 0.29) is 37.4 Å². The first kappa shape index (κ1) is 31.8. The molecule has 0 aliphatic heterocycles. The van der Waals surface area contributed by atoms with Gasteiger partial charge in [-0.2, -0.15) is 0 Å². The summed E-state index contributed by atoms with van der Waals surface area (Å²) in [5.41, 5.74) is 16.5. The van der Waals surface area contributed by atoms with Crippen LogP contribution in [0.15, 0.2) is 24.3 Å². The molecule has 0 spiro atoms. The third kappa shape index (κ3) is 11.7. The second-order valence-electron chi connectivity index (χ2n) is 9.30. The zero-order chi connectivity index (χ0) is 29.0. The molecule has 14 nitrogen and oxygen atoms in total. The molecule has 0 heterocycles. The molecule has 0 fully saturated rings. The van der Waals surface area contributed by atoms with Crippen molar-refractivity contribution in [3.63, 3.8) is 0 Å². The monoisotopic (exact) mass is 536 g/mol. The number of carboxylic acids is 1. The van der Waals surface area contributed by atoms with E-state index < -0.39 is 66.1 Å². The smallest absolute Gasteiger partial charge is 0.326 e. The maximum Gasteiger partial charge on any atom is 0.326 e. The molecule has 5 amide bonds. The normalized spacial score (nSPS) is 14.0. The van der Waals surface area contributed by atoms with Crippen molar-refractivity contribution in [2.75, 3.05) is 0 Å². The minimum Gasteiger partial charge on any atom is -0.508 e. The third-order valence-corrected chi connectivity index (χ3v) is 5.40. The standard InChI is InChI=1S/C24H36N6O8/c1-12(2)9-18(24(37)38)30-22(35)16(7-8-19(26)32)28-23(36)17(10-13-3-5-14(31)6-4-13)29-21(34)15(25)11-20(27)33/h3-6,12,15-18,31H,7-11,25H2,1-2H3,(H2,26,32)(H2,27,33)(H,28,36)(H,29,34)(H,30,35)(H,37,38). The summed E-state index contributed by atoms with van der Waals surface area (Å²) in [6, 6.07) is 0.503. The first-order chi connectivity index (χ1) is 17.7. The van der Waals surface area contributed by atoms with E-state index in [9.17, 15) is 39.0 Å². The van der Waals surface area contributed by atoms with Crippen molar-refractivity contribution in [1.29, 1.82) is 0 Å². The Morgan fingerprint density at radius 1 is 0.816 bits per heavy atom. The number of rotatable bonds is 16. The summed E-state index contributed by atoms with van der Waals surface area (Å²) in [6.45, 7) is 3.54. The van der Waals surface area contributed by atoms with E-state index in [2.05, 4.69) is 16.0 Å². The molecule has 4 unspecified atom stereocenters. The van der Waals surface area contributed by atoms with Crippen molar-refractivity contribution in [3.05, 3.63) is 29.8 Å². The highest BCUT2D eigenvalue weighted by Gasteiger charge is 2.31. The SMILES string of the molecule is CC(C)CC(NC(=O)C(CCC(N)=O)NC(=O)C(Cc1ccc(O)cc1)NC(=O)C(N)CC(N)=O)C(=O)O. The molecule has 0 aliphatic rings. The molecule has 38 heavy (non-hydrogen) atoms. The summed E-state index contributed by atoms with van der Waals surface area (Å²) in [5.74, 6) is -5.50. The fourth-order valence-corrected chi connectivity index (χ4v) is 3.46. The largest absolute Gasteiger partial charge is 0.508 e. The molecular formula is C24H36N6O8.